The van der Waals surface area contributed by atoms with E-state index in [0.29, 0.717) is 11.3 Å². The minimum atomic E-state index is -0.716. The van der Waals surface area contributed by atoms with Gasteiger partial charge in [0.25, 0.3) is 11.5 Å². The van der Waals surface area contributed by atoms with Gasteiger partial charge in [0.2, 0.25) is 0 Å². The van der Waals surface area contributed by atoms with Crippen molar-refractivity contribution in [3.05, 3.63) is 45.8 Å². The van der Waals surface area contributed by atoms with Crippen molar-refractivity contribution in [2.75, 3.05) is 5.32 Å². The van der Waals surface area contributed by atoms with Crippen molar-refractivity contribution in [1.82, 2.24) is 14.5 Å². The zero-order valence-corrected chi connectivity index (χ0v) is 11.3. The third-order valence-electron chi connectivity index (χ3n) is 3.19. The Morgan fingerprint density at radius 3 is 2.65 bits per heavy atom. The lowest BCUT2D eigenvalue weighted by Crippen LogP contribution is -2.30. The van der Waals surface area contributed by atoms with Crippen LogP contribution in [0.15, 0.2) is 23.4 Å². The summed E-state index contributed by atoms with van der Waals surface area (Å²) in [4.78, 5) is 31.9. The van der Waals surface area contributed by atoms with Crippen LogP contribution in [0.1, 0.15) is 21.6 Å². The smallest absolute Gasteiger partial charge is 0.267 e. The number of nitrogens with zero attached hydrogens (tertiary/aromatic N) is 3. The molecule has 0 fully saturated rings. The third kappa shape index (κ3) is 2.25. The highest BCUT2D eigenvalue weighted by atomic mass is 16.3. The van der Waals surface area contributed by atoms with Crippen molar-refractivity contribution < 1.29 is 9.90 Å². The molecule has 0 aliphatic carbocycles. The highest BCUT2D eigenvalue weighted by Gasteiger charge is 2.21. The Morgan fingerprint density at radius 1 is 1.35 bits per heavy atom. The first-order valence-corrected chi connectivity index (χ1v) is 5.90. The second-order valence-corrected chi connectivity index (χ2v) is 4.34. The van der Waals surface area contributed by atoms with Crippen molar-refractivity contribution >= 4 is 11.7 Å². The maximum absolute atomic E-state index is 12.1. The van der Waals surface area contributed by atoms with Crippen LogP contribution >= 0.6 is 0 Å². The summed E-state index contributed by atoms with van der Waals surface area (Å²) >= 11 is 0. The molecule has 104 valence electrons. The summed E-state index contributed by atoms with van der Waals surface area (Å²) in [6.07, 6.45) is 4.22. The highest BCUT2D eigenvalue weighted by Crippen LogP contribution is 2.22. The number of anilines is 1. The molecule has 0 bridgehead atoms. The number of carbonyl (C=O) groups is 1. The van der Waals surface area contributed by atoms with E-state index < -0.39 is 11.5 Å². The van der Waals surface area contributed by atoms with E-state index in [1.165, 1.54) is 23.2 Å². The lowest BCUT2D eigenvalue weighted by Gasteiger charge is -2.13. The van der Waals surface area contributed by atoms with Gasteiger partial charge in [-0.05, 0) is 13.8 Å². The number of carbonyl (C=O) groups excluding carboxylic acids is 1. The molecule has 0 unspecified atom stereocenters. The Labute approximate surface area is 114 Å². The van der Waals surface area contributed by atoms with Gasteiger partial charge in [-0.15, -0.1) is 0 Å². The van der Waals surface area contributed by atoms with Gasteiger partial charge in [-0.3, -0.25) is 14.6 Å². The van der Waals surface area contributed by atoms with Gasteiger partial charge in [-0.25, -0.2) is 4.98 Å². The number of aromatic nitrogens is 3. The van der Waals surface area contributed by atoms with Crippen molar-refractivity contribution in [2.24, 2.45) is 7.05 Å². The quantitative estimate of drug-likeness (QED) is 0.842. The highest BCUT2D eigenvalue weighted by molar-refractivity contribution is 6.05. The topological polar surface area (TPSA) is 97.1 Å². The van der Waals surface area contributed by atoms with E-state index in [4.69, 9.17) is 0 Å². The van der Waals surface area contributed by atoms with Crippen molar-refractivity contribution in [2.45, 2.75) is 13.8 Å². The molecule has 7 heteroatoms. The maximum Gasteiger partial charge on any atom is 0.267 e. The SMILES string of the molecule is Cc1c(O)c(C(=O)Nc2cnccn2)c(=O)n(C)c1C. The van der Waals surface area contributed by atoms with Crippen LogP contribution in [0.4, 0.5) is 5.82 Å². The molecule has 2 N–H and O–H groups in total. The number of pyridine rings is 1. The molecule has 0 radical (unpaired) electrons. The molecule has 2 aromatic rings. The van der Waals surface area contributed by atoms with Gasteiger partial charge in [0.05, 0.1) is 6.20 Å². The molecular weight excluding hydrogens is 260 g/mol. The Morgan fingerprint density at radius 2 is 2.05 bits per heavy atom. The molecule has 0 saturated heterocycles. The fourth-order valence-corrected chi connectivity index (χ4v) is 1.78. The molecule has 2 aromatic heterocycles. The van der Waals surface area contributed by atoms with Gasteiger partial charge in [0.1, 0.15) is 11.3 Å². The molecule has 7 nitrogen and oxygen atoms in total. The average Bonchev–Trinajstić information content (AvgIpc) is 2.44. The van der Waals surface area contributed by atoms with Crippen LogP contribution in [0.2, 0.25) is 0 Å². The number of nitrogens with one attached hydrogen (secondary N) is 1. The van der Waals surface area contributed by atoms with Crippen molar-refractivity contribution in [3.63, 3.8) is 0 Å². The van der Waals surface area contributed by atoms with E-state index in [-0.39, 0.29) is 17.1 Å². The maximum atomic E-state index is 12.1. The molecule has 0 aromatic carbocycles. The zero-order chi connectivity index (χ0) is 14.9. The molecule has 2 heterocycles. The number of amides is 1. The van der Waals surface area contributed by atoms with Crippen LogP contribution in [0, 0.1) is 13.8 Å². The molecule has 20 heavy (non-hydrogen) atoms. The minimum absolute atomic E-state index is 0.206. The lowest BCUT2D eigenvalue weighted by atomic mass is 10.1. The summed E-state index contributed by atoms with van der Waals surface area (Å²) in [6, 6.07) is 0. The lowest BCUT2D eigenvalue weighted by molar-refractivity contribution is 0.102. The zero-order valence-electron chi connectivity index (χ0n) is 11.3. The third-order valence-corrected chi connectivity index (χ3v) is 3.19. The fraction of sp³-hybridized carbons (Fsp3) is 0.231. The number of aromatic hydroxyl groups is 1. The van der Waals surface area contributed by atoms with Gasteiger partial charge in [-0.1, -0.05) is 0 Å². The predicted octanol–water partition coefficient (Wildman–Crippen LogP) is 0.750. The van der Waals surface area contributed by atoms with E-state index in [1.54, 1.807) is 20.9 Å². The number of rotatable bonds is 2. The Bertz CT molecular complexity index is 723. The molecule has 0 aliphatic rings. The fourth-order valence-electron chi connectivity index (χ4n) is 1.78. The molecule has 0 aliphatic heterocycles. The molecular formula is C13H14N4O3. The second-order valence-electron chi connectivity index (χ2n) is 4.34. The Hall–Kier alpha value is -2.70. The van der Waals surface area contributed by atoms with E-state index >= 15 is 0 Å². The van der Waals surface area contributed by atoms with Crippen LogP contribution in [-0.2, 0) is 7.05 Å². The summed E-state index contributed by atoms with van der Waals surface area (Å²) in [6.45, 7) is 3.34. The Balaban J connectivity index is 2.48. The van der Waals surface area contributed by atoms with Crippen LogP contribution < -0.4 is 10.9 Å². The largest absolute Gasteiger partial charge is 0.507 e. The van der Waals surface area contributed by atoms with Crippen LogP contribution in [-0.4, -0.2) is 25.5 Å². The molecule has 2 rings (SSSR count). The summed E-state index contributed by atoms with van der Waals surface area (Å²) in [7, 11) is 1.54. The summed E-state index contributed by atoms with van der Waals surface area (Å²) in [5.74, 6) is -0.823. The normalized spacial score (nSPS) is 10.3. The second kappa shape index (κ2) is 5.12. The first kappa shape index (κ1) is 13.7. The van der Waals surface area contributed by atoms with Crippen LogP contribution in [0.25, 0.3) is 0 Å². The van der Waals surface area contributed by atoms with E-state index in [0.717, 1.165) is 0 Å². The monoisotopic (exact) mass is 274 g/mol. The van der Waals surface area contributed by atoms with Crippen LogP contribution in [0.3, 0.4) is 0 Å². The minimum Gasteiger partial charge on any atom is -0.507 e. The Kier molecular flexibility index (Phi) is 3.51. The van der Waals surface area contributed by atoms with Gasteiger partial charge in [0.15, 0.2) is 5.82 Å². The number of hydrogen-bond donors (Lipinski definition) is 2. The summed E-state index contributed by atoms with van der Waals surface area (Å²) in [5.41, 5.74) is 0.216. The van der Waals surface area contributed by atoms with E-state index in [9.17, 15) is 14.7 Å². The van der Waals surface area contributed by atoms with Gasteiger partial charge < -0.3 is 15.0 Å². The van der Waals surface area contributed by atoms with Crippen LogP contribution in [0.5, 0.6) is 5.75 Å². The molecule has 0 spiro atoms. The van der Waals surface area contributed by atoms with Crippen molar-refractivity contribution in [1.29, 1.82) is 0 Å². The average molecular weight is 274 g/mol. The summed E-state index contributed by atoms with van der Waals surface area (Å²) in [5, 5.41) is 12.4. The first-order valence-electron chi connectivity index (χ1n) is 5.90. The van der Waals surface area contributed by atoms with Gasteiger partial charge in [-0.2, -0.15) is 0 Å². The molecule has 1 amide bonds. The van der Waals surface area contributed by atoms with E-state index in [1.807, 2.05) is 0 Å². The predicted molar refractivity (Wildman–Crippen MR) is 72.8 cm³/mol. The molecule has 0 saturated carbocycles. The van der Waals surface area contributed by atoms with Gasteiger partial charge in [0, 0.05) is 30.7 Å². The standard InChI is InChI=1S/C13H14N4O3/c1-7-8(2)17(3)13(20)10(11(7)18)12(19)16-9-6-14-4-5-15-9/h4-6,18H,1-3H3,(H,15,16,19). The van der Waals surface area contributed by atoms with Gasteiger partial charge >= 0.3 is 0 Å². The summed E-state index contributed by atoms with van der Waals surface area (Å²) < 4.78 is 1.32. The van der Waals surface area contributed by atoms with Crippen molar-refractivity contribution in [3.8, 4) is 5.75 Å². The molecule has 0 atom stereocenters. The first-order chi connectivity index (χ1) is 9.43. The number of hydrogen-bond acceptors (Lipinski definition) is 5. The van der Waals surface area contributed by atoms with E-state index in [2.05, 4.69) is 15.3 Å².